The highest BCUT2D eigenvalue weighted by atomic mass is 79.9. The van der Waals surface area contributed by atoms with Gasteiger partial charge in [0.1, 0.15) is 0 Å². The topological polar surface area (TPSA) is 171 Å². The highest BCUT2D eigenvalue weighted by Gasteiger charge is 2.15. The van der Waals surface area contributed by atoms with Gasteiger partial charge in [0, 0.05) is 64.2 Å². The Morgan fingerprint density at radius 3 is 0.336 bits per heavy atom. The molecule has 0 N–H and O–H groups in total. The Labute approximate surface area is 955 Å². The summed E-state index contributed by atoms with van der Waals surface area (Å²) in [5, 5.41) is 0. The highest BCUT2D eigenvalue weighted by Crippen LogP contribution is 2.15. The number of hydrogen-bond donors (Lipinski definition) is 0. The fourth-order valence-corrected chi connectivity index (χ4v) is 12.1. The lowest BCUT2D eigenvalue weighted by molar-refractivity contribution is -0.870. The molecule has 0 aliphatic carbocycles. The number of quaternary nitrogens is 10. The SMILES string of the molecule is Br.C=CC(=O)CCCCCCCCCC[N+](C)(C)C.C=CC(=O)CCCCCCCC[N+](C)(C)C.C=CC(=O)CCCCCCC[N+](C)(C)C.C=CC(=O)CCCCCC[N+](C)(C)C.C=CC(=O)CCCCC[N+](C)(C)C.C=CC(=O)CCCC[N+](C)(C)C.C=CC(=O)CCCC[N+](C)(C)C.C=CC(=O)CCCC[N+](C)(C)C.C=CC(=O)CCC[N+](C)(C)C.C=CC(=O)CC[N+](C)(C)C.Cl.Cl.[Br-].[Cl-].[Cl-].[Cl-].[Cl-].[Cl-].[Cl-]. The van der Waals surface area contributed by atoms with Crippen LogP contribution in [-0.2, 0) is 47.9 Å². The number of rotatable bonds is 73. The molecule has 0 bridgehead atoms. The third kappa shape index (κ3) is 216. The van der Waals surface area contributed by atoms with Crippen molar-refractivity contribution in [2.75, 3.05) is 277 Å². The third-order valence-electron chi connectivity index (χ3n) is 20.6. The van der Waals surface area contributed by atoms with Gasteiger partial charge in [0.25, 0.3) is 0 Å². The Bertz CT molecular complexity index is 3030. The van der Waals surface area contributed by atoms with Gasteiger partial charge in [0.05, 0.1) is 283 Å². The molecule has 0 radical (unpaired) electrons. The van der Waals surface area contributed by atoms with Crippen molar-refractivity contribution in [2.24, 2.45) is 0 Å². The molecule has 858 valence electrons. The van der Waals surface area contributed by atoms with E-state index in [4.69, 9.17) is 0 Å². The molecule has 0 rings (SSSR count). The Kier molecular flexibility index (Phi) is 155. The summed E-state index contributed by atoms with van der Waals surface area (Å²) in [6.07, 6.45) is 59.8. The summed E-state index contributed by atoms with van der Waals surface area (Å²) >= 11 is 0. The molecule has 143 heavy (non-hydrogen) atoms. The highest BCUT2D eigenvalue weighted by molar-refractivity contribution is 8.93. The molecule has 0 amide bonds. The molecule has 20 nitrogen and oxygen atoms in total. The van der Waals surface area contributed by atoms with Crippen LogP contribution in [0.4, 0.5) is 0 Å². The predicted octanol–water partition coefficient (Wildman–Crippen LogP) is 1.70. The van der Waals surface area contributed by atoms with Crippen molar-refractivity contribution in [1.82, 2.24) is 0 Å². The van der Waals surface area contributed by atoms with Gasteiger partial charge in [-0.2, -0.15) is 0 Å². The molecule has 0 saturated carbocycles. The first-order valence-corrected chi connectivity index (χ1v) is 50.6. The van der Waals surface area contributed by atoms with E-state index in [2.05, 4.69) is 277 Å². The van der Waals surface area contributed by atoms with E-state index in [1.165, 1.54) is 222 Å². The fraction of sp³-hybridized carbons (Fsp3) is 0.735. The number of allylic oxidation sites excluding steroid dienone is 10. The number of carbonyl (C=O) groups is 10. The van der Waals surface area contributed by atoms with Crippen molar-refractivity contribution in [2.45, 2.75) is 276 Å². The van der Waals surface area contributed by atoms with Crippen LogP contribution in [0.25, 0.3) is 0 Å². The van der Waals surface area contributed by atoms with Crippen LogP contribution in [-0.4, -0.2) is 380 Å². The van der Waals surface area contributed by atoms with E-state index in [-0.39, 0.29) is 191 Å². The first kappa shape index (κ1) is 188. The molecule has 0 fully saturated rings. The van der Waals surface area contributed by atoms with Crippen LogP contribution in [0.15, 0.2) is 127 Å². The fourth-order valence-electron chi connectivity index (χ4n) is 12.1. The minimum absolute atomic E-state index is 0. The van der Waals surface area contributed by atoms with Gasteiger partial charge < -0.3 is 136 Å². The predicted molar refractivity (Wildman–Crippen MR) is 604 cm³/mol. The molecule has 0 aliphatic rings. The molecule has 0 aromatic carbocycles. The zero-order chi connectivity index (χ0) is 105. The van der Waals surface area contributed by atoms with Gasteiger partial charge in [-0.1, -0.05) is 136 Å². The normalized spacial score (nSPS) is 10.5. The molecule has 0 spiro atoms. The van der Waals surface area contributed by atoms with Crippen molar-refractivity contribution in [3.05, 3.63) is 127 Å². The minimum atomic E-state index is 0. The standard InChI is InChI=1S/C16H32NO.C14H28NO.C13H26NO.C12H24NO.C11H22NO.3C10H20NO.C9H18NO.C8H16NO.2BrH.8ClH/c1-5-16(18)14-12-10-8-6-7-9-11-13-15-17(2,3)4;1-5-14(16)12-10-8-6-7-9-11-13-15(2,3)4;1-5-13(15)11-9-7-6-8-10-12-14(2,3)4;1-5-12(14)10-8-6-7-9-11-13(2,3)4;1-5-11(13)9-7-6-8-10-12(2,3)4;3*1-5-10(12)8-6-7-9-11(2,3)4;1-5-9(11)7-6-8-10(2,3)4;1-5-8(10)6-7-9(2,3)4;;;;;;;;;;/h5H,1,6-15H2,2-4H3;5H,1,6-13H2,2-4H3;5H,1,6-12H2,2-4H3;5H,1,6-11H2,2-4H3;5H,1,6-10H2,2-4H3;3*5H,1,6-9H2,2-4H3;5H,1,6-8H2,2-4H3;5H,1,6-7H2,2-4H3;10*1H/q10*+1;;;;;;;;;;/p-7. The largest absolute Gasteiger partial charge is 1.00 e. The Morgan fingerprint density at radius 2 is 0.217 bits per heavy atom. The first-order chi connectivity index (χ1) is 61.0. The van der Waals surface area contributed by atoms with Crippen molar-refractivity contribution >= 4 is 99.6 Å². The maximum absolute atomic E-state index is 11.0. The molecule has 0 aromatic rings. The van der Waals surface area contributed by atoms with Crippen LogP contribution in [0.3, 0.4) is 0 Å². The number of ketones is 10. The quantitative estimate of drug-likeness (QED) is 0.0497. The molecule has 0 aliphatic heterocycles. The van der Waals surface area contributed by atoms with Crippen molar-refractivity contribution in [3.63, 3.8) is 0 Å². The maximum atomic E-state index is 11.0. The average molecular weight is 2330 g/mol. The molecule has 0 saturated heterocycles. The molecule has 0 unspecified atom stereocenters. The first-order valence-electron chi connectivity index (χ1n) is 50.6. The lowest BCUT2D eigenvalue weighted by atomic mass is 10.1. The number of hydrogen-bond acceptors (Lipinski definition) is 10. The van der Waals surface area contributed by atoms with E-state index in [1.807, 2.05) is 0 Å². The summed E-state index contributed by atoms with van der Waals surface area (Å²) in [5.41, 5.74) is 0. The third-order valence-corrected chi connectivity index (χ3v) is 20.6. The van der Waals surface area contributed by atoms with Crippen LogP contribution in [0.1, 0.15) is 276 Å². The van der Waals surface area contributed by atoms with Crippen molar-refractivity contribution in [3.8, 4) is 0 Å². The summed E-state index contributed by atoms with van der Waals surface area (Å²) in [7, 11) is 65.4. The van der Waals surface area contributed by atoms with Gasteiger partial charge in [-0.3, -0.25) is 47.9 Å². The van der Waals surface area contributed by atoms with E-state index in [0.29, 0.717) is 64.2 Å². The van der Waals surface area contributed by atoms with E-state index in [1.54, 1.807) is 0 Å². The second kappa shape index (κ2) is 118. The average Bonchev–Trinajstić information content (AvgIpc) is 0.987. The van der Waals surface area contributed by atoms with E-state index < -0.39 is 0 Å². The number of unbranched alkanes of at least 4 members (excludes halogenated alkanes) is 24. The van der Waals surface area contributed by atoms with Crippen LogP contribution in [0, 0.1) is 0 Å². The zero-order valence-electron chi connectivity index (χ0n) is 97.7. The van der Waals surface area contributed by atoms with Gasteiger partial charge in [-0.15, -0.1) is 41.8 Å². The van der Waals surface area contributed by atoms with Crippen molar-refractivity contribution in [1.29, 1.82) is 0 Å². The maximum Gasteiger partial charge on any atom is 0.160 e. The lowest BCUT2D eigenvalue weighted by Crippen LogP contribution is -3.00. The van der Waals surface area contributed by atoms with Crippen molar-refractivity contribution < 1.29 is 184 Å². The lowest BCUT2D eigenvalue weighted by Gasteiger charge is -2.23. The Hall–Kier alpha value is -3.02. The second-order valence-electron chi connectivity index (χ2n) is 46.0. The number of halogens is 10. The molecule has 0 aromatic heterocycles. The smallest absolute Gasteiger partial charge is 0.160 e. The Morgan fingerprint density at radius 1 is 0.140 bits per heavy atom. The van der Waals surface area contributed by atoms with Gasteiger partial charge >= 0.3 is 0 Å². The van der Waals surface area contributed by atoms with E-state index >= 15 is 0 Å². The molecule has 30 heteroatoms. The number of nitrogens with zero attached hydrogens (tertiary/aromatic N) is 10. The van der Waals surface area contributed by atoms with Crippen LogP contribution < -0.4 is 91.4 Å². The van der Waals surface area contributed by atoms with E-state index in [9.17, 15) is 47.9 Å². The van der Waals surface area contributed by atoms with Gasteiger partial charge in [-0.25, -0.2) is 0 Å². The molecular formula is C113H229Br2Cl8N10O10+3. The summed E-state index contributed by atoms with van der Waals surface area (Å²) in [4.78, 5) is 109. The van der Waals surface area contributed by atoms with Gasteiger partial charge in [0.15, 0.2) is 57.8 Å². The summed E-state index contributed by atoms with van der Waals surface area (Å²) in [5.74, 6) is 1.68. The summed E-state index contributed by atoms with van der Waals surface area (Å²) in [6.45, 7) is 45.9. The second-order valence-corrected chi connectivity index (χ2v) is 46.0. The summed E-state index contributed by atoms with van der Waals surface area (Å²) in [6, 6.07) is 0. The van der Waals surface area contributed by atoms with Gasteiger partial charge in [-0.05, 0) is 196 Å². The van der Waals surface area contributed by atoms with Gasteiger partial charge in [0.2, 0.25) is 0 Å². The van der Waals surface area contributed by atoms with E-state index in [0.717, 1.165) is 161 Å². The molecule has 0 atom stereocenters. The Balaban J connectivity index is -0.0000000650. The minimum Gasteiger partial charge on any atom is -1.00 e. The van der Waals surface area contributed by atoms with Crippen LogP contribution >= 0.6 is 41.8 Å². The summed E-state index contributed by atoms with van der Waals surface area (Å²) < 4.78 is 9.91. The monoisotopic (exact) mass is 2320 g/mol. The van der Waals surface area contributed by atoms with Crippen LogP contribution in [0.2, 0.25) is 0 Å². The zero-order valence-corrected chi connectivity index (χ0v) is 107. The van der Waals surface area contributed by atoms with Crippen LogP contribution in [0.5, 0.6) is 0 Å². The molecular weight excluding hydrogens is 2100 g/mol. The number of carbonyl (C=O) groups excluding carboxylic acids is 10. The molecule has 0 heterocycles.